The molecule has 2 atom stereocenters. The summed E-state index contributed by atoms with van der Waals surface area (Å²) in [5.41, 5.74) is 6.59. The summed E-state index contributed by atoms with van der Waals surface area (Å²) >= 11 is 3.31. The highest BCUT2D eigenvalue weighted by Gasteiger charge is 2.31. The fourth-order valence-corrected chi connectivity index (χ4v) is 2.55. The summed E-state index contributed by atoms with van der Waals surface area (Å²) in [6.07, 6.45) is 0.598. The van der Waals surface area contributed by atoms with Crippen LogP contribution in [-0.4, -0.2) is 29.7 Å². The average Bonchev–Trinajstić information content (AvgIpc) is 2.86. The number of halogens is 1. The lowest BCUT2D eigenvalue weighted by molar-refractivity contribution is -0.121. The molecule has 108 valence electrons. The second-order valence-electron chi connectivity index (χ2n) is 4.64. The van der Waals surface area contributed by atoms with Gasteiger partial charge in [0.2, 0.25) is 5.91 Å². The summed E-state index contributed by atoms with van der Waals surface area (Å²) in [6.45, 7) is 2.47. The molecular formula is C13H16BrN3O3. The summed E-state index contributed by atoms with van der Waals surface area (Å²) in [4.78, 5) is 12.2. The van der Waals surface area contributed by atoms with E-state index in [1.165, 1.54) is 0 Å². The lowest BCUT2D eigenvalue weighted by Crippen LogP contribution is -2.29. The van der Waals surface area contributed by atoms with Crippen molar-refractivity contribution in [2.75, 3.05) is 11.9 Å². The Morgan fingerprint density at radius 3 is 2.95 bits per heavy atom. The SMILES string of the molecule is CC1OCCC1C(=O)Nc1ccc(Br)cc1/C(N)=N/O. The molecule has 4 N–H and O–H groups in total. The zero-order valence-electron chi connectivity index (χ0n) is 11.0. The first-order valence-corrected chi connectivity index (χ1v) is 7.02. The molecule has 20 heavy (non-hydrogen) atoms. The quantitative estimate of drug-likeness (QED) is 0.338. The van der Waals surface area contributed by atoms with Crippen LogP contribution in [0.3, 0.4) is 0 Å². The minimum Gasteiger partial charge on any atom is -0.409 e. The van der Waals surface area contributed by atoms with Gasteiger partial charge in [0.25, 0.3) is 0 Å². The number of ether oxygens (including phenoxy) is 1. The van der Waals surface area contributed by atoms with Gasteiger partial charge in [-0.2, -0.15) is 0 Å². The predicted octanol–water partition coefficient (Wildman–Crippen LogP) is 1.91. The highest BCUT2D eigenvalue weighted by molar-refractivity contribution is 9.10. The number of carbonyl (C=O) groups excluding carboxylic acids is 1. The Kier molecular flexibility index (Phi) is 4.61. The van der Waals surface area contributed by atoms with Crippen molar-refractivity contribution < 1.29 is 14.7 Å². The number of anilines is 1. The maximum Gasteiger partial charge on any atom is 0.230 e. The molecule has 1 aromatic carbocycles. The smallest absolute Gasteiger partial charge is 0.230 e. The van der Waals surface area contributed by atoms with Gasteiger partial charge < -0.3 is 21.0 Å². The van der Waals surface area contributed by atoms with Crippen molar-refractivity contribution in [2.24, 2.45) is 16.8 Å². The van der Waals surface area contributed by atoms with Crippen LogP contribution in [0, 0.1) is 5.92 Å². The molecule has 1 aromatic rings. The molecule has 0 aliphatic carbocycles. The maximum absolute atomic E-state index is 12.2. The Morgan fingerprint density at radius 1 is 1.60 bits per heavy atom. The Balaban J connectivity index is 2.23. The number of rotatable bonds is 3. The Bertz CT molecular complexity index is 548. The molecule has 2 rings (SSSR count). The molecular weight excluding hydrogens is 326 g/mol. The lowest BCUT2D eigenvalue weighted by Gasteiger charge is -2.16. The van der Waals surface area contributed by atoms with Crippen molar-refractivity contribution in [2.45, 2.75) is 19.4 Å². The fraction of sp³-hybridized carbons (Fsp3) is 0.385. The van der Waals surface area contributed by atoms with E-state index in [9.17, 15) is 4.79 Å². The largest absolute Gasteiger partial charge is 0.409 e. The zero-order valence-corrected chi connectivity index (χ0v) is 12.6. The molecule has 1 heterocycles. The van der Waals surface area contributed by atoms with Crippen molar-refractivity contribution in [1.82, 2.24) is 0 Å². The number of benzene rings is 1. The zero-order chi connectivity index (χ0) is 14.7. The minimum absolute atomic E-state index is 0.0580. The maximum atomic E-state index is 12.2. The summed E-state index contributed by atoms with van der Waals surface area (Å²) in [5.74, 6) is -0.361. The van der Waals surface area contributed by atoms with Crippen LogP contribution >= 0.6 is 15.9 Å². The van der Waals surface area contributed by atoms with Crippen molar-refractivity contribution >= 4 is 33.4 Å². The van der Waals surface area contributed by atoms with E-state index in [0.29, 0.717) is 24.3 Å². The standard InChI is InChI=1S/C13H16BrN3O3/c1-7-9(4-5-20-7)13(18)16-11-3-2-8(14)6-10(11)12(15)17-19/h2-3,6-7,9,19H,4-5H2,1H3,(H2,15,17)(H,16,18). The van der Waals surface area contributed by atoms with Gasteiger partial charge in [-0.05, 0) is 31.5 Å². The number of carbonyl (C=O) groups is 1. The number of nitrogens with zero attached hydrogens (tertiary/aromatic N) is 1. The molecule has 6 nitrogen and oxygen atoms in total. The fourth-order valence-electron chi connectivity index (χ4n) is 2.19. The summed E-state index contributed by atoms with van der Waals surface area (Å²) in [6, 6.07) is 5.16. The monoisotopic (exact) mass is 341 g/mol. The molecule has 0 spiro atoms. The molecule has 0 saturated carbocycles. The Labute approximate surface area is 125 Å². The van der Waals surface area contributed by atoms with E-state index in [2.05, 4.69) is 26.4 Å². The van der Waals surface area contributed by atoms with Crippen LogP contribution < -0.4 is 11.1 Å². The van der Waals surface area contributed by atoms with E-state index in [1.54, 1.807) is 18.2 Å². The van der Waals surface area contributed by atoms with Crippen molar-refractivity contribution in [3.05, 3.63) is 28.2 Å². The molecule has 1 aliphatic heterocycles. The third kappa shape index (κ3) is 3.10. The van der Waals surface area contributed by atoms with Crippen LogP contribution in [0.2, 0.25) is 0 Å². The van der Waals surface area contributed by atoms with Gasteiger partial charge in [-0.15, -0.1) is 0 Å². The van der Waals surface area contributed by atoms with Crippen LogP contribution in [0.15, 0.2) is 27.8 Å². The highest BCUT2D eigenvalue weighted by atomic mass is 79.9. The van der Waals surface area contributed by atoms with E-state index in [-0.39, 0.29) is 23.8 Å². The van der Waals surface area contributed by atoms with Crippen LogP contribution in [-0.2, 0) is 9.53 Å². The minimum atomic E-state index is -0.182. The first kappa shape index (κ1) is 14.8. The van der Waals surface area contributed by atoms with Crippen molar-refractivity contribution in [1.29, 1.82) is 0 Å². The van der Waals surface area contributed by atoms with E-state index < -0.39 is 0 Å². The summed E-state index contributed by atoms with van der Waals surface area (Å²) in [7, 11) is 0. The number of amides is 1. The third-order valence-corrected chi connectivity index (χ3v) is 3.83. The first-order valence-electron chi connectivity index (χ1n) is 6.23. The molecule has 0 radical (unpaired) electrons. The Hall–Kier alpha value is -1.60. The molecule has 1 amide bonds. The third-order valence-electron chi connectivity index (χ3n) is 3.34. The molecule has 0 bridgehead atoms. The molecule has 2 unspecified atom stereocenters. The van der Waals surface area contributed by atoms with Gasteiger partial charge in [0.05, 0.1) is 17.7 Å². The van der Waals surface area contributed by atoms with Gasteiger partial charge >= 0.3 is 0 Å². The Morgan fingerprint density at radius 2 is 2.35 bits per heavy atom. The van der Waals surface area contributed by atoms with E-state index in [1.807, 2.05) is 6.92 Å². The van der Waals surface area contributed by atoms with Crippen molar-refractivity contribution in [3.63, 3.8) is 0 Å². The molecule has 0 aromatic heterocycles. The van der Waals surface area contributed by atoms with Gasteiger partial charge in [0.15, 0.2) is 5.84 Å². The number of oxime groups is 1. The normalized spacial score (nSPS) is 22.8. The number of amidine groups is 1. The summed E-state index contributed by atoms with van der Waals surface area (Å²) < 4.78 is 6.16. The van der Waals surface area contributed by atoms with Gasteiger partial charge in [-0.1, -0.05) is 21.1 Å². The van der Waals surface area contributed by atoms with Gasteiger partial charge in [0, 0.05) is 16.6 Å². The molecule has 1 fully saturated rings. The van der Waals surface area contributed by atoms with E-state index in [4.69, 9.17) is 15.7 Å². The van der Waals surface area contributed by atoms with Crippen molar-refractivity contribution in [3.8, 4) is 0 Å². The van der Waals surface area contributed by atoms with Crippen LogP contribution in [0.4, 0.5) is 5.69 Å². The molecule has 7 heteroatoms. The molecule has 1 aliphatic rings. The first-order chi connectivity index (χ1) is 9.52. The van der Waals surface area contributed by atoms with Gasteiger partial charge in [0.1, 0.15) is 0 Å². The average molecular weight is 342 g/mol. The predicted molar refractivity (Wildman–Crippen MR) is 78.8 cm³/mol. The highest BCUT2D eigenvalue weighted by Crippen LogP contribution is 2.25. The molecule has 1 saturated heterocycles. The lowest BCUT2D eigenvalue weighted by atomic mass is 10.0. The summed E-state index contributed by atoms with van der Waals surface area (Å²) in [5, 5.41) is 14.6. The topological polar surface area (TPSA) is 96.9 Å². The number of hydrogen-bond donors (Lipinski definition) is 3. The number of nitrogens with one attached hydrogen (secondary N) is 1. The van der Waals surface area contributed by atoms with Crippen LogP contribution in [0.25, 0.3) is 0 Å². The van der Waals surface area contributed by atoms with E-state index in [0.717, 1.165) is 4.47 Å². The number of hydrogen-bond acceptors (Lipinski definition) is 4. The second kappa shape index (κ2) is 6.23. The van der Waals surface area contributed by atoms with Gasteiger partial charge in [-0.25, -0.2) is 0 Å². The number of nitrogens with two attached hydrogens (primary N) is 1. The van der Waals surface area contributed by atoms with Crippen LogP contribution in [0.1, 0.15) is 18.9 Å². The van der Waals surface area contributed by atoms with E-state index >= 15 is 0 Å². The van der Waals surface area contributed by atoms with Crippen LogP contribution in [0.5, 0.6) is 0 Å². The second-order valence-corrected chi connectivity index (χ2v) is 5.55. The van der Waals surface area contributed by atoms with Gasteiger partial charge in [-0.3, -0.25) is 4.79 Å².